The number of carbonyl (C=O) groups excluding carboxylic acids is 2. The first-order valence-electron chi connectivity index (χ1n) is 5.39. The van der Waals surface area contributed by atoms with E-state index < -0.39 is 11.4 Å². The van der Waals surface area contributed by atoms with Crippen molar-refractivity contribution in [2.24, 2.45) is 5.41 Å². The van der Waals surface area contributed by atoms with Crippen LogP contribution in [-0.2, 0) is 19.1 Å². The second-order valence-electron chi connectivity index (χ2n) is 3.73. The van der Waals surface area contributed by atoms with Gasteiger partial charge < -0.3 is 9.47 Å². The fourth-order valence-electron chi connectivity index (χ4n) is 1.77. The zero-order valence-electron chi connectivity index (χ0n) is 9.45. The molecule has 0 amide bonds. The van der Waals surface area contributed by atoms with E-state index in [0.29, 0.717) is 19.4 Å². The van der Waals surface area contributed by atoms with Crippen LogP contribution >= 0.6 is 0 Å². The van der Waals surface area contributed by atoms with E-state index in [1.54, 1.807) is 6.92 Å². The Morgan fingerprint density at radius 3 is 3.00 bits per heavy atom. The summed E-state index contributed by atoms with van der Waals surface area (Å²) >= 11 is 0. The SMILES string of the molecule is C#CCCC1(C(=O)OCC)COCCC1=O. The van der Waals surface area contributed by atoms with E-state index in [1.807, 2.05) is 0 Å². The van der Waals surface area contributed by atoms with Gasteiger partial charge in [-0.1, -0.05) is 0 Å². The Kier molecular flexibility index (Phi) is 4.51. The average Bonchev–Trinajstić information content (AvgIpc) is 2.28. The molecule has 0 aromatic carbocycles. The summed E-state index contributed by atoms with van der Waals surface area (Å²) in [7, 11) is 0. The molecule has 1 unspecified atom stereocenters. The number of rotatable bonds is 4. The molecule has 0 spiro atoms. The maximum atomic E-state index is 11.9. The molecule has 0 aromatic rings. The summed E-state index contributed by atoms with van der Waals surface area (Å²) in [6.07, 6.45) is 6.10. The molecule has 0 aromatic heterocycles. The third-order valence-electron chi connectivity index (χ3n) is 2.72. The molecule has 1 saturated heterocycles. The number of carbonyl (C=O) groups is 2. The van der Waals surface area contributed by atoms with Crippen molar-refractivity contribution in [1.29, 1.82) is 0 Å². The maximum absolute atomic E-state index is 11.9. The lowest BCUT2D eigenvalue weighted by Crippen LogP contribution is -2.48. The zero-order valence-corrected chi connectivity index (χ0v) is 9.45. The number of Topliss-reactive ketones (excluding diaryl/α,β-unsaturated/α-hetero) is 1. The monoisotopic (exact) mass is 224 g/mol. The van der Waals surface area contributed by atoms with E-state index in [4.69, 9.17) is 15.9 Å². The molecular formula is C12H16O4. The predicted molar refractivity (Wildman–Crippen MR) is 57.6 cm³/mol. The van der Waals surface area contributed by atoms with Crippen LogP contribution in [-0.4, -0.2) is 31.6 Å². The minimum Gasteiger partial charge on any atom is -0.465 e. The molecule has 1 fully saturated rings. The van der Waals surface area contributed by atoms with Crippen molar-refractivity contribution in [1.82, 2.24) is 0 Å². The van der Waals surface area contributed by atoms with Crippen LogP contribution in [0.5, 0.6) is 0 Å². The largest absolute Gasteiger partial charge is 0.465 e. The van der Waals surface area contributed by atoms with Gasteiger partial charge in [-0.25, -0.2) is 0 Å². The summed E-state index contributed by atoms with van der Waals surface area (Å²) in [6, 6.07) is 0. The summed E-state index contributed by atoms with van der Waals surface area (Å²) < 4.78 is 10.2. The van der Waals surface area contributed by atoms with Crippen LogP contribution in [0.2, 0.25) is 0 Å². The Morgan fingerprint density at radius 2 is 2.44 bits per heavy atom. The van der Waals surface area contributed by atoms with Crippen molar-refractivity contribution in [3.63, 3.8) is 0 Å². The molecule has 1 atom stereocenters. The predicted octanol–water partition coefficient (Wildman–Crippen LogP) is 0.939. The molecule has 1 heterocycles. The van der Waals surface area contributed by atoms with Gasteiger partial charge in [-0.15, -0.1) is 12.3 Å². The van der Waals surface area contributed by atoms with Gasteiger partial charge >= 0.3 is 5.97 Å². The first-order valence-corrected chi connectivity index (χ1v) is 5.39. The molecule has 16 heavy (non-hydrogen) atoms. The second-order valence-corrected chi connectivity index (χ2v) is 3.73. The van der Waals surface area contributed by atoms with E-state index in [-0.39, 0.29) is 25.4 Å². The van der Waals surface area contributed by atoms with Gasteiger partial charge in [0.2, 0.25) is 0 Å². The lowest BCUT2D eigenvalue weighted by atomic mass is 9.77. The third-order valence-corrected chi connectivity index (χ3v) is 2.72. The minimum absolute atomic E-state index is 0.0896. The molecule has 0 radical (unpaired) electrons. The number of ketones is 1. The highest BCUT2D eigenvalue weighted by Gasteiger charge is 2.48. The molecular weight excluding hydrogens is 208 g/mol. The Hall–Kier alpha value is -1.34. The Morgan fingerprint density at radius 1 is 1.69 bits per heavy atom. The van der Waals surface area contributed by atoms with E-state index >= 15 is 0 Å². The summed E-state index contributed by atoms with van der Waals surface area (Å²) in [6.45, 7) is 2.42. The standard InChI is InChI=1S/C12H16O4/c1-3-5-7-12(11(14)16-4-2)9-15-8-6-10(12)13/h1H,4-9H2,2H3. The van der Waals surface area contributed by atoms with Gasteiger partial charge in [0.25, 0.3) is 0 Å². The number of hydrogen-bond acceptors (Lipinski definition) is 4. The van der Waals surface area contributed by atoms with Gasteiger partial charge in [0.1, 0.15) is 0 Å². The van der Waals surface area contributed by atoms with E-state index in [0.717, 1.165) is 0 Å². The van der Waals surface area contributed by atoms with Crippen molar-refractivity contribution in [2.75, 3.05) is 19.8 Å². The number of ether oxygens (including phenoxy) is 2. The lowest BCUT2D eigenvalue weighted by molar-refractivity contribution is -0.169. The normalized spacial score (nSPS) is 24.9. The van der Waals surface area contributed by atoms with Crippen LogP contribution in [0.25, 0.3) is 0 Å². The fraction of sp³-hybridized carbons (Fsp3) is 0.667. The van der Waals surface area contributed by atoms with Crippen LogP contribution < -0.4 is 0 Å². The van der Waals surface area contributed by atoms with Gasteiger partial charge in [-0.05, 0) is 13.3 Å². The van der Waals surface area contributed by atoms with Crippen LogP contribution in [0.15, 0.2) is 0 Å². The van der Waals surface area contributed by atoms with Crippen LogP contribution in [0, 0.1) is 17.8 Å². The summed E-state index contributed by atoms with van der Waals surface area (Å²) in [5, 5.41) is 0. The highest BCUT2D eigenvalue weighted by Crippen LogP contribution is 2.32. The first-order chi connectivity index (χ1) is 7.67. The summed E-state index contributed by atoms with van der Waals surface area (Å²) in [4.78, 5) is 23.7. The first kappa shape index (κ1) is 12.7. The van der Waals surface area contributed by atoms with Crippen molar-refractivity contribution >= 4 is 11.8 Å². The van der Waals surface area contributed by atoms with Crippen molar-refractivity contribution in [3.05, 3.63) is 0 Å². The topological polar surface area (TPSA) is 52.6 Å². The fourth-order valence-corrected chi connectivity index (χ4v) is 1.77. The quantitative estimate of drug-likeness (QED) is 0.405. The molecule has 0 saturated carbocycles. The number of esters is 1. The van der Waals surface area contributed by atoms with E-state index in [9.17, 15) is 9.59 Å². The van der Waals surface area contributed by atoms with Gasteiger partial charge in [-0.3, -0.25) is 9.59 Å². The van der Waals surface area contributed by atoms with Crippen molar-refractivity contribution in [3.8, 4) is 12.3 Å². The number of terminal acetylenes is 1. The van der Waals surface area contributed by atoms with Gasteiger partial charge in [0.15, 0.2) is 11.2 Å². The van der Waals surface area contributed by atoms with Crippen LogP contribution in [0.3, 0.4) is 0 Å². The Bertz CT molecular complexity index is 315. The Balaban J connectivity index is 2.86. The van der Waals surface area contributed by atoms with Gasteiger partial charge in [-0.2, -0.15) is 0 Å². The minimum atomic E-state index is -1.17. The molecule has 0 N–H and O–H groups in total. The van der Waals surface area contributed by atoms with E-state index in [1.165, 1.54) is 0 Å². The highest BCUT2D eigenvalue weighted by atomic mass is 16.5. The molecule has 1 aliphatic heterocycles. The molecule has 0 bridgehead atoms. The molecule has 1 rings (SSSR count). The third kappa shape index (κ3) is 2.42. The average molecular weight is 224 g/mol. The summed E-state index contributed by atoms with van der Waals surface area (Å²) in [5.41, 5.74) is -1.17. The lowest BCUT2D eigenvalue weighted by Gasteiger charge is -2.32. The maximum Gasteiger partial charge on any atom is 0.322 e. The smallest absolute Gasteiger partial charge is 0.322 e. The molecule has 88 valence electrons. The van der Waals surface area contributed by atoms with Gasteiger partial charge in [0.05, 0.1) is 19.8 Å². The molecule has 0 aliphatic carbocycles. The molecule has 1 aliphatic rings. The van der Waals surface area contributed by atoms with Crippen LogP contribution in [0.4, 0.5) is 0 Å². The van der Waals surface area contributed by atoms with Gasteiger partial charge in [0, 0.05) is 12.8 Å². The summed E-state index contributed by atoms with van der Waals surface area (Å²) in [5.74, 6) is 1.82. The molecule has 4 heteroatoms. The second kappa shape index (κ2) is 5.66. The molecule has 4 nitrogen and oxygen atoms in total. The zero-order chi connectivity index (χ0) is 12.0. The highest BCUT2D eigenvalue weighted by molar-refractivity contribution is 6.04. The number of hydrogen-bond donors (Lipinski definition) is 0. The van der Waals surface area contributed by atoms with Crippen molar-refractivity contribution in [2.45, 2.75) is 26.2 Å². The van der Waals surface area contributed by atoms with Crippen molar-refractivity contribution < 1.29 is 19.1 Å². The van der Waals surface area contributed by atoms with E-state index in [2.05, 4.69) is 5.92 Å². The Labute approximate surface area is 95.3 Å². The van der Waals surface area contributed by atoms with Crippen LogP contribution in [0.1, 0.15) is 26.2 Å².